The smallest absolute Gasteiger partial charge is 0.318 e. The summed E-state index contributed by atoms with van der Waals surface area (Å²) in [5.41, 5.74) is 1.13. The SMILES string of the molecule is O=C(N[C@@H](c1ccc(Cl)cc1)C1CC1)N1CCN(c2ccc(Br)cn2)CC1. The van der Waals surface area contributed by atoms with Crippen molar-refractivity contribution >= 4 is 39.4 Å². The van der Waals surface area contributed by atoms with Crippen molar-refractivity contribution in [1.29, 1.82) is 0 Å². The van der Waals surface area contributed by atoms with E-state index in [-0.39, 0.29) is 12.1 Å². The van der Waals surface area contributed by atoms with Crippen LogP contribution in [0.1, 0.15) is 24.4 Å². The van der Waals surface area contributed by atoms with E-state index in [1.165, 1.54) is 0 Å². The van der Waals surface area contributed by atoms with Gasteiger partial charge in [0.1, 0.15) is 5.82 Å². The normalized spacial score (nSPS) is 18.3. The van der Waals surface area contributed by atoms with Crippen LogP contribution in [-0.2, 0) is 0 Å². The van der Waals surface area contributed by atoms with Crippen molar-refractivity contribution in [2.45, 2.75) is 18.9 Å². The van der Waals surface area contributed by atoms with Crippen molar-refractivity contribution in [2.75, 3.05) is 31.1 Å². The zero-order chi connectivity index (χ0) is 18.8. The lowest BCUT2D eigenvalue weighted by Gasteiger charge is -2.36. The fourth-order valence-corrected chi connectivity index (χ4v) is 3.85. The van der Waals surface area contributed by atoms with Gasteiger partial charge in [0.15, 0.2) is 0 Å². The van der Waals surface area contributed by atoms with E-state index in [0.717, 1.165) is 46.8 Å². The standard InChI is InChI=1S/C20H22BrClN4O/c21-16-5-8-18(23-13-16)25-9-11-26(12-10-25)20(27)24-19(14-1-2-14)15-3-6-17(22)7-4-15/h3-8,13-14,19H,1-2,9-12H2,(H,24,27)/t19-/m1/s1. The maximum Gasteiger partial charge on any atom is 0.318 e. The van der Waals surface area contributed by atoms with Gasteiger partial charge >= 0.3 is 6.03 Å². The number of halogens is 2. The van der Waals surface area contributed by atoms with Crippen LogP contribution in [0.3, 0.4) is 0 Å². The van der Waals surface area contributed by atoms with Crippen molar-refractivity contribution < 1.29 is 4.79 Å². The van der Waals surface area contributed by atoms with E-state index in [9.17, 15) is 4.79 Å². The molecule has 1 atom stereocenters. The molecule has 27 heavy (non-hydrogen) atoms. The molecule has 0 radical (unpaired) electrons. The molecule has 1 saturated heterocycles. The third kappa shape index (κ3) is 4.55. The minimum Gasteiger partial charge on any atom is -0.353 e. The Balaban J connectivity index is 1.35. The van der Waals surface area contributed by atoms with Crippen LogP contribution in [0.2, 0.25) is 5.02 Å². The molecule has 0 unspecified atom stereocenters. The number of nitrogens with zero attached hydrogens (tertiary/aromatic N) is 3. The van der Waals surface area contributed by atoms with Crippen LogP contribution < -0.4 is 10.2 Å². The van der Waals surface area contributed by atoms with E-state index in [1.807, 2.05) is 41.3 Å². The van der Waals surface area contributed by atoms with E-state index < -0.39 is 0 Å². The first-order valence-corrected chi connectivity index (χ1v) is 10.4. The lowest BCUT2D eigenvalue weighted by molar-refractivity contribution is 0.188. The summed E-state index contributed by atoms with van der Waals surface area (Å²) >= 11 is 9.42. The van der Waals surface area contributed by atoms with Crippen molar-refractivity contribution in [2.24, 2.45) is 5.92 Å². The maximum atomic E-state index is 12.8. The number of benzene rings is 1. The molecular formula is C20H22BrClN4O. The lowest BCUT2D eigenvalue weighted by Crippen LogP contribution is -2.52. The largest absolute Gasteiger partial charge is 0.353 e. The number of hydrogen-bond acceptors (Lipinski definition) is 3. The molecule has 142 valence electrons. The molecule has 4 rings (SSSR count). The van der Waals surface area contributed by atoms with Crippen LogP contribution in [0.4, 0.5) is 10.6 Å². The molecule has 1 aliphatic carbocycles. The van der Waals surface area contributed by atoms with E-state index in [4.69, 9.17) is 11.6 Å². The predicted molar refractivity (Wildman–Crippen MR) is 111 cm³/mol. The molecule has 2 aliphatic rings. The summed E-state index contributed by atoms with van der Waals surface area (Å²) in [6.45, 7) is 2.97. The van der Waals surface area contributed by atoms with E-state index in [0.29, 0.717) is 19.0 Å². The number of amides is 2. The number of anilines is 1. The number of urea groups is 1. The molecule has 2 fully saturated rings. The van der Waals surface area contributed by atoms with Crippen LogP contribution in [-0.4, -0.2) is 42.1 Å². The summed E-state index contributed by atoms with van der Waals surface area (Å²) < 4.78 is 0.970. The third-order valence-corrected chi connectivity index (χ3v) is 5.93. The zero-order valence-corrected chi connectivity index (χ0v) is 17.3. The van der Waals surface area contributed by atoms with Crippen LogP contribution in [0.15, 0.2) is 47.1 Å². The Hall–Kier alpha value is -1.79. The van der Waals surface area contributed by atoms with E-state index in [2.05, 4.69) is 31.1 Å². The summed E-state index contributed by atoms with van der Waals surface area (Å²) in [5, 5.41) is 3.97. The number of carbonyl (C=O) groups is 1. The fraction of sp³-hybridized carbons (Fsp3) is 0.400. The quantitative estimate of drug-likeness (QED) is 0.748. The highest BCUT2D eigenvalue weighted by Gasteiger charge is 2.34. The highest BCUT2D eigenvalue weighted by atomic mass is 79.9. The van der Waals surface area contributed by atoms with E-state index in [1.54, 1.807) is 6.20 Å². The first-order chi connectivity index (χ1) is 13.1. The van der Waals surface area contributed by atoms with Crippen LogP contribution >= 0.6 is 27.5 Å². The molecule has 1 aromatic heterocycles. The molecule has 0 bridgehead atoms. The number of piperazine rings is 1. The summed E-state index contributed by atoms with van der Waals surface area (Å²) in [6.07, 6.45) is 4.13. The number of carbonyl (C=O) groups excluding carboxylic acids is 1. The Morgan fingerprint density at radius 3 is 2.41 bits per heavy atom. The second-order valence-electron chi connectivity index (χ2n) is 7.12. The molecule has 2 amide bonds. The van der Waals surface area contributed by atoms with Gasteiger partial charge in [-0.05, 0) is 64.5 Å². The molecule has 1 N–H and O–H groups in total. The molecule has 1 aliphatic heterocycles. The Bertz CT molecular complexity index is 787. The molecule has 7 heteroatoms. The van der Waals surface area contributed by atoms with Gasteiger partial charge in [-0.3, -0.25) is 0 Å². The minimum atomic E-state index is 0.0188. The minimum absolute atomic E-state index is 0.0188. The molecule has 2 aromatic rings. The van der Waals surface area contributed by atoms with Crippen molar-refractivity contribution in [3.8, 4) is 0 Å². The maximum absolute atomic E-state index is 12.8. The first-order valence-electron chi connectivity index (χ1n) is 9.27. The summed E-state index contributed by atoms with van der Waals surface area (Å²) in [5.74, 6) is 1.48. The second-order valence-corrected chi connectivity index (χ2v) is 8.48. The number of hydrogen-bond donors (Lipinski definition) is 1. The third-order valence-electron chi connectivity index (χ3n) is 5.20. The molecular weight excluding hydrogens is 428 g/mol. The van der Waals surface area contributed by atoms with Gasteiger partial charge in [-0.15, -0.1) is 0 Å². The first kappa shape index (κ1) is 18.6. The van der Waals surface area contributed by atoms with Crippen molar-refractivity contribution in [1.82, 2.24) is 15.2 Å². The summed E-state index contributed by atoms with van der Waals surface area (Å²) in [6, 6.07) is 11.9. The lowest BCUT2D eigenvalue weighted by atomic mass is 10.0. The van der Waals surface area contributed by atoms with E-state index >= 15 is 0 Å². The van der Waals surface area contributed by atoms with Crippen LogP contribution in [0.25, 0.3) is 0 Å². The van der Waals surface area contributed by atoms with Gasteiger partial charge in [-0.1, -0.05) is 23.7 Å². The van der Waals surface area contributed by atoms with Gasteiger partial charge in [0.25, 0.3) is 0 Å². The van der Waals surface area contributed by atoms with Crippen LogP contribution in [0.5, 0.6) is 0 Å². The highest BCUT2D eigenvalue weighted by molar-refractivity contribution is 9.10. The predicted octanol–water partition coefficient (Wildman–Crippen LogP) is 4.48. The Morgan fingerprint density at radius 2 is 1.81 bits per heavy atom. The zero-order valence-electron chi connectivity index (χ0n) is 14.9. The molecule has 5 nitrogen and oxygen atoms in total. The Kier molecular flexibility index (Phi) is 5.55. The Labute approximate surface area is 172 Å². The second kappa shape index (κ2) is 8.07. The summed E-state index contributed by atoms with van der Waals surface area (Å²) in [4.78, 5) is 21.4. The average Bonchev–Trinajstić information content (AvgIpc) is 3.53. The van der Waals surface area contributed by atoms with Gasteiger partial charge in [-0.2, -0.15) is 0 Å². The van der Waals surface area contributed by atoms with Gasteiger partial charge in [0.2, 0.25) is 0 Å². The van der Waals surface area contributed by atoms with Gasteiger partial charge in [-0.25, -0.2) is 9.78 Å². The number of aromatic nitrogens is 1. The number of pyridine rings is 1. The monoisotopic (exact) mass is 448 g/mol. The van der Waals surface area contributed by atoms with Gasteiger partial charge < -0.3 is 15.1 Å². The van der Waals surface area contributed by atoms with Crippen molar-refractivity contribution in [3.63, 3.8) is 0 Å². The molecule has 1 aromatic carbocycles. The molecule has 2 heterocycles. The molecule has 1 saturated carbocycles. The summed E-state index contributed by atoms with van der Waals surface area (Å²) in [7, 11) is 0. The average molecular weight is 450 g/mol. The number of rotatable bonds is 4. The number of nitrogens with one attached hydrogen (secondary N) is 1. The van der Waals surface area contributed by atoms with Gasteiger partial charge in [0, 0.05) is 41.9 Å². The molecule has 0 spiro atoms. The fourth-order valence-electron chi connectivity index (χ4n) is 3.49. The highest BCUT2D eigenvalue weighted by Crippen LogP contribution is 2.41. The van der Waals surface area contributed by atoms with Crippen LogP contribution in [0, 0.1) is 5.92 Å². The van der Waals surface area contributed by atoms with Gasteiger partial charge in [0.05, 0.1) is 6.04 Å². The Morgan fingerprint density at radius 1 is 1.11 bits per heavy atom. The topological polar surface area (TPSA) is 48.5 Å². The van der Waals surface area contributed by atoms with Crippen molar-refractivity contribution in [3.05, 3.63) is 57.7 Å².